The van der Waals surface area contributed by atoms with Crippen molar-refractivity contribution >= 4 is 6.03 Å². The molecule has 1 unspecified atom stereocenters. The van der Waals surface area contributed by atoms with Crippen LogP contribution in [0.2, 0.25) is 0 Å². The third kappa shape index (κ3) is 4.16. The fourth-order valence-corrected chi connectivity index (χ4v) is 0.996. The van der Waals surface area contributed by atoms with Gasteiger partial charge in [0.05, 0.1) is 0 Å². The van der Waals surface area contributed by atoms with Crippen molar-refractivity contribution in [2.24, 2.45) is 5.73 Å². The lowest BCUT2D eigenvalue weighted by Gasteiger charge is -2.21. The number of urea groups is 1. The summed E-state index contributed by atoms with van der Waals surface area (Å²) < 4.78 is 12.7. The van der Waals surface area contributed by atoms with Crippen LogP contribution in [0.4, 0.5) is 9.18 Å². The third-order valence-electron chi connectivity index (χ3n) is 1.72. The molecule has 0 aromatic heterocycles. The number of nitrogens with zero attached hydrogens (tertiary/aromatic N) is 1. The Morgan fingerprint density at radius 2 is 2.17 bits per heavy atom. The van der Waals surface area contributed by atoms with Crippen molar-refractivity contribution in [3.63, 3.8) is 0 Å². The highest BCUT2D eigenvalue weighted by molar-refractivity contribution is 5.72. The lowest BCUT2D eigenvalue weighted by Crippen LogP contribution is -2.40. The van der Waals surface area contributed by atoms with Crippen LogP contribution in [0.15, 0.2) is 0 Å². The van der Waals surface area contributed by atoms with E-state index in [4.69, 9.17) is 5.73 Å². The Morgan fingerprint density at radius 3 is 2.50 bits per heavy atom. The zero-order valence-corrected chi connectivity index (χ0v) is 7.72. The molecule has 1 atom stereocenters. The van der Waals surface area contributed by atoms with Crippen LogP contribution in [0.3, 0.4) is 0 Å². The molecule has 0 fully saturated rings. The fourth-order valence-electron chi connectivity index (χ4n) is 0.996. The molecule has 0 aromatic rings. The molecule has 12 heavy (non-hydrogen) atoms. The zero-order valence-electron chi connectivity index (χ0n) is 7.72. The van der Waals surface area contributed by atoms with Gasteiger partial charge >= 0.3 is 6.03 Å². The fraction of sp³-hybridized carbons (Fsp3) is 0.875. The van der Waals surface area contributed by atoms with E-state index in [0.717, 1.165) is 24.2 Å². The maximum Gasteiger partial charge on any atom is 0.317 e. The molecule has 3 nitrogen and oxygen atoms in total. The summed E-state index contributed by atoms with van der Waals surface area (Å²) in [4.78, 5) is 11.7. The van der Waals surface area contributed by atoms with E-state index in [-0.39, 0.29) is 0 Å². The van der Waals surface area contributed by atoms with Crippen molar-refractivity contribution in [2.45, 2.75) is 39.4 Å². The summed E-state index contributed by atoms with van der Waals surface area (Å²) in [5.41, 5.74) is 4.97. The molecule has 0 aromatic carbocycles. The summed E-state index contributed by atoms with van der Waals surface area (Å²) >= 11 is 0. The molecule has 0 radical (unpaired) electrons. The molecule has 0 rings (SSSR count). The van der Waals surface area contributed by atoms with E-state index in [2.05, 4.69) is 0 Å². The van der Waals surface area contributed by atoms with E-state index in [1.54, 1.807) is 0 Å². The molecule has 2 N–H and O–H groups in total. The number of rotatable bonds is 5. The van der Waals surface area contributed by atoms with Crippen molar-refractivity contribution < 1.29 is 9.18 Å². The molecule has 72 valence electrons. The molecule has 0 saturated carbocycles. The molecule has 2 amide bonds. The first-order chi connectivity index (χ1) is 5.59. The smallest absolute Gasteiger partial charge is 0.317 e. The van der Waals surface area contributed by atoms with Gasteiger partial charge in [0.2, 0.25) is 0 Å². The van der Waals surface area contributed by atoms with Gasteiger partial charge in [-0.25, -0.2) is 9.18 Å². The van der Waals surface area contributed by atoms with E-state index in [0.29, 0.717) is 6.54 Å². The van der Waals surface area contributed by atoms with Crippen LogP contribution < -0.4 is 5.73 Å². The zero-order chi connectivity index (χ0) is 9.56. The minimum Gasteiger partial charge on any atom is -0.351 e. The monoisotopic (exact) mass is 176 g/mol. The van der Waals surface area contributed by atoms with Gasteiger partial charge in [-0.05, 0) is 13.3 Å². The summed E-state index contributed by atoms with van der Waals surface area (Å²) in [6, 6.07) is -0.680. The summed E-state index contributed by atoms with van der Waals surface area (Å²) in [6.45, 7) is 3.78. The maximum absolute atomic E-state index is 12.7. The lowest BCUT2D eigenvalue weighted by molar-refractivity contribution is 0.122. The number of halogens is 1. The van der Waals surface area contributed by atoms with Gasteiger partial charge < -0.3 is 5.73 Å². The van der Waals surface area contributed by atoms with Gasteiger partial charge in [0.15, 0.2) is 6.30 Å². The first-order valence-electron chi connectivity index (χ1n) is 4.29. The number of carbonyl (C=O) groups excluding carboxylic acids is 1. The predicted molar refractivity (Wildman–Crippen MR) is 46.4 cm³/mol. The van der Waals surface area contributed by atoms with Gasteiger partial charge in [-0.3, -0.25) is 4.90 Å². The Morgan fingerprint density at radius 1 is 1.58 bits per heavy atom. The lowest BCUT2D eigenvalue weighted by atomic mass is 10.2. The van der Waals surface area contributed by atoms with Crippen molar-refractivity contribution in [3.8, 4) is 0 Å². The molecular formula is C8H17FN2O. The topological polar surface area (TPSA) is 46.3 Å². The number of hydrogen-bond donors (Lipinski definition) is 1. The van der Waals surface area contributed by atoms with E-state index < -0.39 is 12.3 Å². The van der Waals surface area contributed by atoms with E-state index in [1.165, 1.54) is 6.92 Å². The summed E-state index contributed by atoms with van der Waals surface area (Å²) in [7, 11) is 0. The SMILES string of the molecule is CCCCCN(C(N)=O)C(C)F. The van der Waals surface area contributed by atoms with Crippen LogP contribution >= 0.6 is 0 Å². The maximum atomic E-state index is 12.7. The second kappa shape index (κ2) is 5.80. The molecule has 0 saturated heterocycles. The van der Waals surface area contributed by atoms with Crippen molar-refractivity contribution in [2.75, 3.05) is 6.54 Å². The van der Waals surface area contributed by atoms with Crippen LogP contribution in [0.1, 0.15) is 33.1 Å². The number of nitrogens with two attached hydrogens (primary N) is 1. The quantitative estimate of drug-likeness (QED) is 0.504. The van der Waals surface area contributed by atoms with Crippen molar-refractivity contribution in [1.29, 1.82) is 0 Å². The highest BCUT2D eigenvalue weighted by Gasteiger charge is 2.14. The Bertz CT molecular complexity index is 139. The highest BCUT2D eigenvalue weighted by atomic mass is 19.1. The second-order valence-corrected chi connectivity index (χ2v) is 2.81. The van der Waals surface area contributed by atoms with Crippen LogP contribution in [0, 0.1) is 0 Å². The minimum absolute atomic E-state index is 0.418. The molecule has 0 bridgehead atoms. The van der Waals surface area contributed by atoms with Crippen molar-refractivity contribution in [3.05, 3.63) is 0 Å². The van der Waals surface area contributed by atoms with Crippen LogP contribution in [-0.4, -0.2) is 23.8 Å². The number of hydrogen-bond acceptors (Lipinski definition) is 1. The van der Waals surface area contributed by atoms with E-state index >= 15 is 0 Å². The predicted octanol–water partition coefficient (Wildman–Crippen LogP) is 1.87. The Kier molecular flexibility index (Phi) is 5.41. The molecule has 0 spiro atoms. The van der Waals surface area contributed by atoms with Gasteiger partial charge in [-0.2, -0.15) is 0 Å². The number of primary amides is 1. The second-order valence-electron chi connectivity index (χ2n) is 2.81. The Hall–Kier alpha value is -0.800. The number of carbonyl (C=O) groups is 1. The average molecular weight is 176 g/mol. The van der Waals surface area contributed by atoms with Crippen molar-refractivity contribution in [1.82, 2.24) is 4.90 Å². The molecule has 0 aliphatic carbocycles. The van der Waals surface area contributed by atoms with Gasteiger partial charge in [-0.1, -0.05) is 19.8 Å². The molecule has 0 heterocycles. The first kappa shape index (κ1) is 11.2. The van der Waals surface area contributed by atoms with Crippen LogP contribution in [0.25, 0.3) is 0 Å². The Balaban J connectivity index is 3.72. The summed E-state index contributed by atoms with van der Waals surface area (Å²) in [5, 5.41) is 0. The standard InChI is InChI=1S/C8H17FN2O/c1-3-4-5-6-11(7(2)9)8(10)12/h7H,3-6H2,1-2H3,(H2,10,12). The first-order valence-corrected chi connectivity index (χ1v) is 4.29. The molecule has 0 aliphatic heterocycles. The van der Waals surface area contributed by atoms with Gasteiger partial charge in [0.25, 0.3) is 0 Å². The van der Waals surface area contributed by atoms with Gasteiger partial charge in [0, 0.05) is 6.54 Å². The van der Waals surface area contributed by atoms with Crippen LogP contribution in [0.5, 0.6) is 0 Å². The number of amides is 2. The molecule has 0 aliphatic rings. The number of unbranched alkanes of at least 4 members (excludes halogenated alkanes) is 2. The highest BCUT2D eigenvalue weighted by Crippen LogP contribution is 2.03. The average Bonchev–Trinajstić information content (AvgIpc) is 1.96. The normalized spacial score (nSPS) is 12.6. The summed E-state index contributed by atoms with van der Waals surface area (Å²) in [5.74, 6) is 0. The van der Waals surface area contributed by atoms with Gasteiger partial charge in [-0.15, -0.1) is 0 Å². The summed E-state index contributed by atoms with van der Waals surface area (Å²) in [6.07, 6.45) is 1.58. The Labute approximate surface area is 72.7 Å². The third-order valence-corrected chi connectivity index (χ3v) is 1.72. The molecular weight excluding hydrogens is 159 g/mol. The van der Waals surface area contributed by atoms with Crippen LogP contribution in [-0.2, 0) is 0 Å². The number of alkyl halides is 1. The van der Waals surface area contributed by atoms with E-state index in [1.807, 2.05) is 6.92 Å². The minimum atomic E-state index is -1.28. The molecule has 4 heteroatoms. The van der Waals surface area contributed by atoms with E-state index in [9.17, 15) is 9.18 Å². The van der Waals surface area contributed by atoms with Gasteiger partial charge in [0.1, 0.15) is 0 Å². The largest absolute Gasteiger partial charge is 0.351 e.